The van der Waals surface area contributed by atoms with Crippen LogP contribution in [0.5, 0.6) is 0 Å². The fourth-order valence-corrected chi connectivity index (χ4v) is 9.76. The van der Waals surface area contributed by atoms with Crippen LogP contribution in [0.15, 0.2) is 109 Å². The Bertz CT molecular complexity index is 1730. The first-order valence-corrected chi connectivity index (χ1v) is 34.6. The maximum Gasteiger partial charge on any atom is 0.472 e. The van der Waals surface area contributed by atoms with E-state index in [1.54, 1.807) is 0 Å². The zero-order valence-corrected chi connectivity index (χ0v) is 53.9. The monoisotopic (exact) mass is 1150 g/mol. The van der Waals surface area contributed by atoms with Crippen LogP contribution in [-0.4, -0.2) is 74.9 Å². The van der Waals surface area contributed by atoms with Crippen molar-refractivity contribution in [3.8, 4) is 0 Å². The lowest BCUT2D eigenvalue weighted by Gasteiger charge is -2.24. The van der Waals surface area contributed by atoms with Gasteiger partial charge in [-0.2, -0.15) is 0 Å². The molecular formula is C71H125NO8P+. The summed E-state index contributed by atoms with van der Waals surface area (Å²) in [7, 11) is 1.43. The molecule has 0 aromatic rings. The molecule has 0 aliphatic rings. The Morgan fingerprint density at radius 3 is 1.04 bits per heavy atom. The third-order valence-corrected chi connectivity index (χ3v) is 15.1. The van der Waals surface area contributed by atoms with Crippen molar-refractivity contribution in [3.63, 3.8) is 0 Å². The predicted molar refractivity (Wildman–Crippen MR) is 348 cm³/mol. The van der Waals surface area contributed by atoms with E-state index < -0.39 is 26.5 Å². The van der Waals surface area contributed by atoms with Gasteiger partial charge in [-0.15, -0.1) is 0 Å². The normalized spacial score (nSPS) is 13.9. The number of hydrogen-bond acceptors (Lipinski definition) is 7. The molecule has 0 amide bonds. The molecule has 0 bridgehead atoms. The van der Waals surface area contributed by atoms with E-state index in [1.165, 1.54) is 161 Å². The number of quaternary nitrogens is 1. The third-order valence-electron chi connectivity index (χ3n) is 14.1. The summed E-state index contributed by atoms with van der Waals surface area (Å²) in [6, 6.07) is 0. The van der Waals surface area contributed by atoms with Crippen LogP contribution in [0.1, 0.15) is 277 Å². The van der Waals surface area contributed by atoms with Crippen molar-refractivity contribution in [1.29, 1.82) is 0 Å². The van der Waals surface area contributed by atoms with Crippen LogP contribution in [-0.2, 0) is 32.7 Å². The molecule has 0 heterocycles. The lowest BCUT2D eigenvalue weighted by molar-refractivity contribution is -0.870. The highest BCUT2D eigenvalue weighted by Gasteiger charge is 2.27. The molecule has 81 heavy (non-hydrogen) atoms. The molecule has 0 aromatic carbocycles. The summed E-state index contributed by atoms with van der Waals surface area (Å²) in [6.07, 6.45) is 86.3. The topological polar surface area (TPSA) is 108 Å². The van der Waals surface area contributed by atoms with E-state index >= 15 is 0 Å². The van der Waals surface area contributed by atoms with Crippen molar-refractivity contribution >= 4 is 19.8 Å². The van der Waals surface area contributed by atoms with E-state index in [2.05, 4.69) is 123 Å². The largest absolute Gasteiger partial charge is 0.472 e. The zero-order valence-electron chi connectivity index (χ0n) is 53.0. The molecule has 0 saturated heterocycles. The number of carbonyl (C=O) groups is 2. The summed E-state index contributed by atoms with van der Waals surface area (Å²) < 4.78 is 34.6. The van der Waals surface area contributed by atoms with Gasteiger partial charge in [0.05, 0.1) is 27.7 Å². The minimum Gasteiger partial charge on any atom is -0.462 e. The Hall–Kier alpha value is -3.33. The number of phosphoric acid groups is 1. The molecule has 0 saturated carbocycles. The fourth-order valence-electron chi connectivity index (χ4n) is 9.02. The summed E-state index contributed by atoms with van der Waals surface area (Å²) >= 11 is 0. The Morgan fingerprint density at radius 2 is 0.704 bits per heavy atom. The number of likely N-dealkylation sites (N-methyl/N-ethyl adjacent to an activating group) is 1. The number of nitrogens with zero attached hydrogens (tertiary/aromatic N) is 1. The van der Waals surface area contributed by atoms with Crippen molar-refractivity contribution in [2.24, 2.45) is 0 Å². The number of ether oxygens (including phenoxy) is 2. The Labute approximate surface area is 499 Å². The van der Waals surface area contributed by atoms with Crippen molar-refractivity contribution < 1.29 is 42.1 Å². The number of carbonyl (C=O) groups excluding carboxylic acids is 2. The molecule has 0 rings (SSSR count). The number of unbranched alkanes of at least 4 members (excludes halogenated alkanes) is 28. The first kappa shape index (κ1) is 77.7. The summed E-state index contributed by atoms with van der Waals surface area (Å²) in [5.41, 5.74) is 0. The number of esters is 2. The second-order valence-electron chi connectivity index (χ2n) is 23.1. The van der Waals surface area contributed by atoms with Gasteiger partial charge in [-0.1, -0.05) is 297 Å². The van der Waals surface area contributed by atoms with Crippen molar-refractivity contribution in [3.05, 3.63) is 109 Å². The lowest BCUT2D eigenvalue weighted by atomic mass is 10.0. The van der Waals surface area contributed by atoms with Gasteiger partial charge in [0.2, 0.25) is 0 Å². The molecule has 1 N–H and O–H groups in total. The van der Waals surface area contributed by atoms with Crippen LogP contribution in [0.25, 0.3) is 0 Å². The average Bonchev–Trinajstić information content (AvgIpc) is 3.43. The predicted octanol–water partition coefficient (Wildman–Crippen LogP) is 21.3. The second-order valence-corrected chi connectivity index (χ2v) is 24.6. The van der Waals surface area contributed by atoms with Gasteiger partial charge in [-0.3, -0.25) is 18.6 Å². The van der Waals surface area contributed by atoms with Gasteiger partial charge in [0.1, 0.15) is 19.8 Å². The minimum absolute atomic E-state index is 0.0163. The summed E-state index contributed by atoms with van der Waals surface area (Å²) in [6.45, 7) is 4.28. The summed E-state index contributed by atoms with van der Waals surface area (Å²) in [5.74, 6) is -0.864. The van der Waals surface area contributed by atoms with Crippen LogP contribution >= 0.6 is 7.82 Å². The number of rotatable bonds is 60. The lowest BCUT2D eigenvalue weighted by Crippen LogP contribution is -2.37. The van der Waals surface area contributed by atoms with Gasteiger partial charge in [0.25, 0.3) is 0 Å². The van der Waals surface area contributed by atoms with E-state index in [4.69, 9.17) is 18.5 Å². The van der Waals surface area contributed by atoms with E-state index in [-0.39, 0.29) is 32.0 Å². The van der Waals surface area contributed by atoms with Gasteiger partial charge in [0, 0.05) is 12.8 Å². The zero-order chi connectivity index (χ0) is 59.1. The molecule has 0 aromatic heterocycles. The quantitative estimate of drug-likeness (QED) is 0.0211. The Morgan fingerprint density at radius 1 is 0.395 bits per heavy atom. The Balaban J connectivity index is 4.19. The average molecular weight is 1150 g/mol. The van der Waals surface area contributed by atoms with Crippen LogP contribution in [0.4, 0.5) is 0 Å². The van der Waals surface area contributed by atoms with E-state index in [9.17, 15) is 19.0 Å². The molecule has 0 aliphatic carbocycles. The number of phosphoric ester groups is 1. The molecule has 0 spiro atoms. The molecule has 466 valence electrons. The maximum atomic E-state index is 12.8. The highest BCUT2D eigenvalue weighted by atomic mass is 31.2. The molecule has 9 nitrogen and oxygen atoms in total. The number of allylic oxidation sites excluding steroid dienone is 18. The van der Waals surface area contributed by atoms with Gasteiger partial charge in [-0.05, 0) is 77.0 Å². The van der Waals surface area contributed by atoms with Crippen LogP contribution in [0, 0.1) is 0 Å². The first-order valence-electron chi connectivity index (χ1n) is 33.1. The SMILES string of the molecule is CC/C=C\C/C=C\C/C=C\C/C=C\C/C=C\C/C=C\C/C=C\C/C=C\C/C=C\CCCC(=O)OC(COC(=O)CCCCCCCCCCCCCCCCCCCCCCCCCCCCCC)COP(=O)(O)OCC[N+](C)(C)C. The van der Waals surface area contributed by atoms with E-state index in [0.29, 0.717) is 23.9 Å². The molecule has 0 aliphatic heterocycles. The maximum absolute atomic E-state index is 12.8. The standard InChI is InChI=1S/C71H124NO8P/c1-6-8-10-12-14-16-18-20-22-24-26-28-30-32-34-36-38-40-42-44-46-48-50-52-54-56-58-60-62-64-71(74)80-69(68-79-81(75,76)78-66-65-72(3,4)5)67-77-70(73)63-61-59-57-55-53-51-49-47-45-43-41-39-37-35-33-31-29-27-25-23-21-19-17-15-13-11-9-7-2/h8,10,14,16,20,22,26,28,32,34,38,40,44,46,50,52,56,58,69H,6-7,9,11-13,15,17-19,21,23-25,27,29-31,33,35-37,39,41-43,45,47-49,51,53-55,57,59-68H2,1-5H3/p+1/b10-8-,16-14-,22-20-,28-26-,34-32-,40-38-,46-44-,52-50-,58-56-. The minimum atomic E-state index is -4.41. The molecule has 0 radical (unpaired) electrons. The van der Waals surface area contributed by atoms with Crippen LogP contribution in [0.3, 0.4) is 0 Å². The van der Waals surface area contributed by atoms with Crippen molar-refractivity contribution in [2.75, 3.05) is 47.5 Å². The third kappa shape index (κ3) is 65.7. The second kappa shape index (κ2) is 61.2. The number of hydrogen-bond donors (Lipinski definition) is 1. The Kier molecular flexibility index (Phi) is 58.7. The van der Waals surface area contributed by atoms with E-state index in [1.807, 2.05) is 21.1 Å². The summed E-state index contributed by atoms with van der Waals surface area (Å²) in [4.78, 5) is 35.8. The summed E-state index contributed by atoms with van der Waals surface area (Å²) in [5, 5.41) is 0. The molecule has 0 fully saturated rings. The van der Waals surface area contributed by atoms with Gasteiger partial charge < -0.3 is 18.9 Å². The van der Waals surface area contributed by atoms with E-state index in [0.717, 1.165) is 77.0 Å². The van der Waals surface area contributed by atoms with Gasteiger partial charge in [-0.25, -0.2) is 4.57 Å². The van der Waals surface area contributed by atoms with Crippen LogP contribution in [0.2, 0.25) is 0 Å². The van der Waals surface area contributed by atoms with Crippen molar-refractivity contribution in [2.45, 2.75) is 283 Å². The molecule has 2 atom stereocenters. The highest BCUT2D eigenvalue weighted by molar-refractivity contribution is 7.47. The molecular weight excluding hydrogens is 1030 g/mol. The molecule has 2 unspecified atom stereocenters. The van der Waals surface area contributed by atoms with Gasteiger partial charge in [0.15, 0.2) is 6.10 Å². The smallest absolute Gasteiger partial charge is 0.462 e. The first-order chi connectivity index (χ1) is 39.5. The van der Waals surface area contributed by atoms with Crippen molar-refractivity contribution in [1.82, 2.24) is 0 Å². The fraction of sp³-hybridized carbons (Fsp3) is 0.718. The van der Waals surface area contributed by atoms with Gasteiger partial charge >= 0.3 is 19.8 Å². The highest BCUT2D eigenvalue weighted by Crippen LogP contribution is 2.43. The molecule has 10 heteroatoms. The van der Waals surface area contributed by atoms with Crippen LogP contribution < -0.4 is 0 Å².